The van der Waals surface area contributed by atoms with Crippen molar-refractivity contribution in [1.29, 1.82) is 0 Å². The van der Waals surface area contributed by atoms with E-state index in [1.807, 2.05) is 12.3 Å². The lowest BCUT2D eigenvalue weighted by Crippen LogP contribution is -2.45. The van der Waals surface area contributed by atoms with Gasteiger partial charge < -0.3 is 19.9 Å². The lowest BCUT2D eigenvalue weighted by Gasteiger charge is -2.32. The Morgan fingerprint density at radius 3 is 2.62 bits per heavy atom. The molecule has 8 heteroatoms. The normalized spacial score (nSPS) is 16.1. The molecule has 1 fully saturated rings. The molecule has 0 bridgehead atoms. The first-order valence-electron chi connectivity index (χ1n) is 11.9. The van der Waals surface area contributed by atoms with Crippen molar-refractivity contribution in [3.63, 3.8) is 0 Å². The van der Waals surface area contributed by atoms with Gasteiger partial charge in [0.2, 0.25) is 11.8 Å². The SMILES string of the molecule is CC1=Cc2c(ccc(Oc3cc(Nc4ncc(C(C)C)s4)nc(N4CCN(C)CC4)n3)c2C)C1. The van der Waals surface area contributed by atoms with Gasteiger partial charge in [-0.15, -0.1) is 11.3 Å². The summed E-state index contributed by atoms with van der Waals surface area (Å²) in [5.41, 5.74) is 5.15. The van der Waals surface area contributed by atoms with E-state index in [9.17, 15) is 0 Å². The summed E-state index contributed by atoms with van der Waals surface area (Å²) < 4.78 is 6.37. The van der Waals surface area contributed by atoms with E-state index in [4.69, 9.17) is 14.7 Å². The van der Waals surface area contributed by atoms with E-state index in [1.54, 1.807) is 11.3 Å². The van der Waals surface area contributed by atoms with Gasteiger partial charge in [-0.2, -0.15) is 9.97 Å². The predicted octanol–water partition coefficient (Wildman–Crippen LogP) is 5.61. The van der Waals surface area contributed by atoms with Gasteiger partial charge in [0.05, 0.1) is 0 Å². The molecule has 0 saturated carbocycles. The van der Waals surface area contributed by atoms with Crippen LogP contribution in [0.1, 0.15) is 48.3 Å². The number of benzene rings is 1. The van der Waals surface area contributed by atoms with E-state index in [2.05, 4.69) is 73.1 Å². The summed E-state index contributed by atoms with van der Waals surface area (Å²) in [7, 11) is 2.15. The summed E-state index contributed by atoms with van der Waals surface area (Å²) in [5, 5.41) is 4.21. The Hall–Kier alpha value is -2.97. The minimum atomic E-state index is 0.443. The maximum absolute atomic E-state index is 6.37. The van der Waals surface area contributed by atoms with E-state index < -0.39 is 0 Å². The van der Waals surface area contributed by atoms with Crippen LogP contribution in [0, 0.1) is 6.92 Å². The van der Waals surface area contributed by atoms with Gasteiger partial charge in [0.1, 0.15) is 11.6 Å². The van der Waals surface area contributed by atoms with Crippen molar-refractivity contribution in [3.05, 3.63) is 51.5 Å². The van der Waals surface area contributed by atoms with Crippen LogP contribution in [0.2, 0.25) is 0 Å². The third-order valence-corrected chi connectivity index (χ3v) is 7.65. The molecular weight excluding hydrogens is 444 g/mol. The number of hydrogen-bond donors (Lipinski definition) is 1. The lowest BCUT2D eigenvalue weighted by atomic mass is 10.0. The topological polar surface area (TPSA) is 66.4 Å². The minimum Gasteiger partial charge on any atom is -0.438 e. The Labute approximate surface area is 205 Å². The van der Waals surface area contributed by atoms with E-state index in [-0.39, 0.29) is 0 Å². The fourth-order valence-corrected chi connectivity index (χ4v) is 5.16. The van der Waals surface area contributed by atoms with Crippen LogP contribution in [0.5, 0.6) is 11.6 Å². The van der Waals surface area contributed by atoms with Gasteiger partial charge >= 0.3 is 0 Å². The van der Waals surface area contributed by atoms with Gasteiger partial charge in [-0.25, -0.2) is 4.98 Å². The number of nitrogens with one attached hydrogen (secondary N) is 1. The van der Waals surface area contributed by atoms with E-state index in [0.717, 1.165) is 49.0 Å². The number of allylic oxidation sites excluding steroid dienone is 1. The number of thiazole rings is 1. The maximum Gasteiger partial charge on any atom is 0.230 e. The largest absolute Gasteiger partial charge is 0.438 e. The molecule has 1 saturated heterocycles. The third kappa shape index (κ3) is 4.79. The molecule has 3 aromatic rings. The highest BCUT2D eigenvalue weighted by molar-refractivity contribution is 7.15. The second-order valence-electron chi connectivity index (χ2n) is 9.56. The molecule has 7 nitrogen and oxygen atoms in total. The van der Waals surface area contributed by atoms with E-state index in [1.165, 1.54) is 21.6 Å². The molecule has 0 amide bonds. The molecule has 2 aromatic heterocycles. The number of aromatic nitrogens is 3. The number of fused-ring (bicyclic) bond motifs is 1. The highest BCUT2D eigenvalue weighted by Crippen LogP contribution is 2.36. The lowest BCUT2D eigenvalue weighted by molar-refractivity contribution is 0.310. The van der Waals surface area contributed by atoms with Gasteiger partial charge in [-0.1, -0.05) is 31.6 Å². The van der Waals surface area contributed by atoms with Crippen molar-refractivity contribution in [3.8, 4) is 11.6 Å². The maximum atomic E-state index is 6.37. The zero-order valence-corrected chi connectivity index (χ0v) is 21.4. The summed E-state index contributed by atoms with van der Waals surface area (Å²) in [5.74, 6) is 3.18. The van der Waals surface area contributed by atoms with Crippen molar-refractivity contribution in [2.24, 2.45) is 0 Å². The number of hydrogen-bond acceptors (Lipinski definition) is 8. The van der Waals surface area contributed by atoms with Crippen molar-refractivity contribution in [2.45, 2.75) is 40.0 Å². The number of likely N-dealkylation sites (N-methyl/N-ethyl adjacent to an activating group) is 1. The summed E-state index contributed by atoms with van der Waals surface area (Å²) in [6, 6.07) is 6.08. The highest BCUT2D eigenvalue weighted by atomic mass is 32.1. The Bertz CT molecular complexity index is 1230. The third-order valence-electron chi connectivity index (χ3n) is 6.43. The summed E-state index contributed by atoms with van der Waals surface area (Å²) >= 11 is 1.65. The Morgan fingerprint density at radius 1 is 1.09 bits per heavy atom. The molecule has 2 aliphatic rings. The highest BCUT2D eigenvalue weighted by Gasteiger charge is 2.20. The Kier molecular flexibility index (Phi) is 6.27. The van der Waals surface area contributed by atoms with Crippen molar-refractivity contribution < 1.29 is 4.74 Å². The number of ether oxygens (including phenoxy) is 1. The van der Waals surface area contributed by atoms with Gasteiger partial charge in [0.25, 0.3) is 0 Å². The van der Waals surface area contributed by atoms with Crippen LogP contribution in [0.4, 0.5) is 16.9 Å². The van der Waals surface area contributed by atoms with Crippen LogP contribution in [-0.4, -0.2) is 53.1 Å². The second-order valence-corrected chi connectivity index (χ2v) is 10.6. The summed E-state index contributed by atoms with van der Waals surface area (Å²) in [6.45, 7) is 12.4. The molecule has 1 aromatic carbocycles. The Morgan fingerprint density at radius 2 is 1.88 bits per heavy atom. The number of rotatable bonds is 6. The molecular formula is C26H32N6OS. The smallest absolute Gasteiger partial charge is 0.230 e. The number of piperazine rings is 1. The van der Waals surface area contributed by atoms with Crippen molar-refractivity contribution in [1.82, 2.24) is 19.9 Å². The molecule has 34 heavy (non-hydrogen) atoms. The second kappa shape index (κ2) is 9.35. The van der Waals surface area contributed by atoms with Crippen LogP contribution >= 0.6 is 11.3 Å². The predicted molar refractivity (Wildman–Crippen MR) is 140 cm³/mol. The van der Waals surface area contributed by atoms with Crippen LogP contribution < -0.4 is 15.0 Å². The van der Waals surface area contributed by atoms with Gasteiger partial charge in [0, 0.05) is 43.3 Å². The number of nitrogens with zero attached hydrogens (tertiary/aromatic N) is 5. The molecule has 0 spiro atoms. The number of anilines is 3. The molecule has 0 unspecified atom stereocenters. The standard InChI is InChI=1S/C26H32N6OS/c1-16(2)22-15-27-26(34-22)29-23-14-24(30-25(28-23)32-10-8-31(5)9-11-32)33-21-7-6-19-12-17(3)13-20(19)18(21)4/h6-7,13-16H,8-12H2,1-5H3,(H,27,28,29,30). The van der Waals surface area contributed by atoms with Gasteiger partial charge in [-0.05, 0) is 56.0 Å². The van der Waals surface area contributed by atoms with E-state index in [0.29, 0.717) is 23.6 Å². The molecule has 5 rings (SSSR count). The summed E-state index contributed by atoms with van der Waals surface area (Å²) in [4.78, 5) is 20.0. The molecule has 3 heterocycles. The van der Waals surface area contributed by atoms with Crippen LogP contribution in [-0.2, 0) is 6.42 Å². The average molecular weight is 477 g/mol. The van der Waals surface area contributed by atoms with Gasteiger partial charge in [-0.3, -0.25) is 0 Å². The first-order chi connectivity index (χ1) is 16.4. The molecule has 1 aliphatic carbocycles. The molecule has 0 radical (unpaired) electrons. The fourth-order valence-electron chi connectivity index (χ4n) is 4.34. The zero-order chi connectivity index (χ0) is 23.8. The van der Waals surface area contributed by atoms with E-state index >= 15 is 0 Å². The van der Waals surface area contributed by atoms with Crippen LogP contribution in [0.15, 0.2) is 30.0 Å². The first kappa shape index (κ1) is 22.8. The Balaban J connectivity index is 1.46. The molecule has 0 atom stereocenters. The van der Waals surface area contributed by atoms with Crippen LogP contribution in [0.3, 0.4) is 0 Å². The summed E-state index contributed by atoms with van der Waals surface area (Å²) in [6.07, 6.45) is 5.20. The first-order valence-corrected chi connectivity index (χ1v) is 12.7. The minimum absolute atomic E-state index is 0.443. The van der Waals surface area contributed by atoms with Crippen molar-refractivity contribution >= 4 is 34.3 Å². The quantitative estimate of drug-likeness (QED) is 0.496. The fraction of sp³-hybridized carbons (Fsp3) is 0.423. The van der Waals surface area contributed by atoms with Crippen molar-refractivity contribution in [2.75, 3.05) is 43.4 Å². The average Bonchev–Trinajstić information content (AvgIpc) is 3.43. The molecule has 178 valence electrons. The van der Waals surface area contributed by atoms with Crippen LogP contribution in [0.25, 0.3) is 6.08 Å². The molecule has 1 aliphatic heterocycles. The monoisotopic (exact) mass is 476 g/mol. The van der Waals surface area contributed by atoms with Gasteiger partial charge in [0.15, 0.2) is 5.13 Å². The molecule has 1 N–H and O–H groups in total. The zero-order valence-electron chi connectivity index (χ0n) is 20.6.